The molecule has 0 aromatic carbocycles. The molecular formula is C35H56O9. The molecule has 13 atom stereocenters. The van der Waals surface area contributed by atoms with E-state index in [4.69, 9.17) is 18.9 Å². The van der Waals surface area contributed by atoms with E-state index in [9.17, 15) is 24.3 Å². The molecule has 0 aromatic heterocycles. The number of aliphatic hydroxyl groups is 1. The smallest absolute Gasteiger partial charge is 0.303 e. The monoisotopic (exact) mass is 620 g/mol. The molecule has 0 amide bonds. The minimum Gasteiger partial charge on any atom is -0.466 e. The summed E-state index contributed by atoms with van der Waals surface area (Å²) in [5.41, 5.74) is -0.378. The van der Waals surface area contributed by atoms with Gasteiger partial charge in [0.2, 0.25) is 0 Å². The Labute approximate surface area is 263 Å². The van der Waals surface area contributed by atoms with Gasteiger partial charge in [0.15, 0.2) is 0 Å². The number of hydrogen-bond donors (Lipinski definition) is 1. The van der Waals surface area contributed by atoms with Gasteiger partial charge >= 0.3 is 23.9 Å². The van der Waals surface area contributed by atoms with Crippen LogP contribution in [0.5, 0.6) is 0 Å². The highest BCUT2D eigenvalue weighted by Crippen LogP contribution is 2.69. The van der Waals surface area contributed by atoms with Gasteiger partial charge in [-0.25, -0.2) is 0 Å². The van der Waals surface area contributed by atoms with Gasteiger partial charge in [-0.1, -0.05) is 40.5 Å². The fourth-order valence-corrected chi connectivity index (χ4v) is 10.6. The predicted molar refractivity (Wildman–Crippen MR) is 163 cm³/mol. The van der Waals surface area contributed by atoms with Crippen molar-refractivity contribution in [3.8, 4) is 0 Å². The average Bonchev–Trinajstić information content (AvgIpc) is 3.13. The Morgan fingerprint density at radius 1 is 0.795 bits per heavy atom. The van der Waals surface area contributed by atoms with Crippen molar-refractivity contribution in [2.75, 3.05) is 6.61 Å². The maximum absolute atomic E-state index is 12.5. The van der Waals surface area contributed by atoms with E-state index in [0.29, 0.717) is 25.4 Å². The van der Waals surface area contributed by atoms with Crippen molar-refractivity contribution in [1.82, 2.24) is 0 Å². The van der Waals surface area contributed by atoms with Crippen LogP contribution in [0.2, 0.25) is 0 Å². The first-order chi connectivity index (χ1) is 20.6. The third kappa shape index (κ3) is 6.97. The highest BCUT2D eigenvalue weighted by atomic mass is 16.6. The molecule has 0 spiro atoms. The Morgan fingerprint density at radius 2 is 1.43 bits per heavy atom. The van der Waals surface area contributed by atoms with Crippen LogP contribution in [-0.4, -0.2) is 60.0 Å². The van der Waals surface area contributed by atoms with Crippen LogP contribution in [0, 0.1) is 52.3 Å². The number of carbonyl (C=O) groups is 4. The van der Waals surface area contributed by atoms with Gasteiger partial charge in [-0.2, -0.15) is 0 Å². The maximum atomic E-state index is 12.5. The Bertz CT molecular complexity index is 1070. The number of fused-ring (bicyclic) bond motifs is 5. The summed E-state index contributed by atoms with van der Waals surface area (Å²) >= 11 is 0. The van der Waals surface area contributed by atoms with Crippen molar-refractivity contribution in [3.05, 3.63) is 0 Å². The molecule has 0 bridgehead atoms. The fraction of sp³-hybridized carbons (Fsp3) is 0.886. The van der Waals surface area contributed by atoms with Crippen molar-refractivity contribution in [2.45, 2.75) is 138 Å². The topological polar surface area (TPSA) is 125 Å². The van der Waals surface area contributed by atoms with E-state index in [1.807, 2.05) is 0 Å². The van der Waals surface area contributed by atoms with Crippen LogP contribution in [0.4, 0.5) is 0 Å². The first kappa shape index (κ1) is 34.7. The van der Waals surface area contributed by atoms with E-state index in [1.165, 1.54) is 27.7 Å². The molecule has 4 saturated carbocycles. The first-order valence-corrected chi connectivity index (χ1v) is 16.9. The molecule has 0 radical (unpaired) electrons. The van der Waals surface area contributed by atoms with E-state index in [0.717, 1.165) is 44.9 Å². The summed E-state index contributed by atoms with van der Waals surface area (Å²) in [7, 11) is 0. The lowest BCUT2D eigenvalue weighted by Gasteiger charge is -2.62. The number of esters is 4. The molecule has 4 fully saturated rings. The third-order valence-electron chi connectivity index (χ3n) is 12.2. The number of hydrogen-bond acceptors (Lipinski definition) is 9. The lowest BCUT2D eigenvalue weighted by atomic mass is 9.43. The Balaban J connectivity index is 1.61. The van der Waals surface area contributed by atoms with Gasteiger partial charge in [-0.15, -0.1) is 0 Å². The van der Waals surface area contributed by atoms with E-state index in [-0.39, 0.29) is 82.4 Å². The van der Waals surface area contributed by atoms with E-state index < -0.39 is 12.2 Å². The molecule has 9 heteroatoms. The molecule has 250 valence electrons. The molecule has 4 aliphatic rings. The minimum atomic E-state index is -0.779. The summed E-state index contributed by atoms with van der Waals surface area (Å²) in [5.74, 6) is -0.390. The minimum absolute atomic E-state index is 0.0426. The second kappa shape index (κ2) is 13.7. The fourth-order valence-electron chi connectivity index (χ4n) is 10.6. The van der Waals surface area contributed by atoms with Gasteiger partial charge in [-0.3, -0.25) is 19.2 Å². The Kier molecular flexibility index (Phi) is 10.8. The van der Waals surface area contributed by atoms with Gasteiger partial charge in [0, 0.05) is 39.5 Å². The van der Waals surface area contributed by atoms with Crippen molar-refractivity contribution in [3.63, 3.8) is 0 Å². The first-order valence-electron chi connectivity index (χ1n) is 16.9. The predicted octanol–water partition coefficient (Wildman–Crippen LogP) is 5.64. The number of carbonyl (C=O) groups excluding carboxylic acids is 4. The second-order valence-corrected chi connectivity index (χ2v) is 15.2. The van der Waals surface area contributed by atoms with Crippen molar-refractivity contribution < 1.29 is 43.2 Å². The summed E-state index contributed by atoms with van der Waals surface area (Å²) in [6.07, 6.45) is 5.78. The largest absolute Gasteiger partial charge is 0.466 e. The number of ether oxygens (including phenoxy) is 4. The molecule has 0 saturated heterocycles. The standard InChI is InChI=1S/C35H56O9/c1-19(18-41-21(3)36)10-9-11-20(2)30-32(40)33(44-24(6)39)31-26-17-29(43-23(5)38)28-16-25(42-22(4)37)12-14-34(28,7)27(26)13-15-35(30,31)8/h19-20,25-33,40H,9-18H2,1-8H3/t19?,20-,25+,26-,27+,28-,29-,30+,31-,32-,33-,34-,35-/m1/s1. The van der Waals surface area contributed by atoms with Crippen LogP contribution in [0.1, 0.15) is 113 Å². The number of rotatable bonds is 10. The van der Waals surface area contributed by atoms with Gasteiger partial charge in [0.05, 0.1) is 12.7 Å². The van der Waals surface area contributed by atoms with Crippen LogP contribution < -0.4 is 0 Å². The molecule has 4 aliphatic carbocycles. The normalized spacial score (nSPS) is 40.8. The average molecular weight is 621 g/mol. The zero-order valence-electron chi connectivity index (χ0n) is 28.1. The SMILES string of the molecule is CC(=O)OCC(C)CCC[C@@H](C)[C@H]1[C@@H](O)[C@H](OC(C)=O)[C@H]2[C@@H]3C[C@@H](OC(C)=O)[C@H]4C[C@@H](OC(C)=O)CC[C@]4(C)[C@H]3CC[C@@]21C. The summed E-state index contributed by atoms with van der Waals surface area (Å²) < 4.78 is 22.9. The van der Waals surface area contributed by atoms with Crippen molar-refractivity contribution >= 4 is 23.9 Å². The van der Waals surface area contributed by atoms with E-state index >= 15 is 0 Å². The Morgan fingerprint density at radius 3 is 2.05 bits per heavy atom. The van der Waals surface area contributed by atoms with Crippen LogP contribution in [0.3, 0.4) is 0 Å². The molecule has 9 nitrogen and oxygen atoms in total. The second-order valence-electron chi connectivity index (χ2n) is 15.2. The van der Waals surface area contributed by atoms with Crippen LogP contribution >= 0.6 is 0 Å². The molecule has 0 aromatic rings. The van der Waals surface area contributed by atoms with E-state index in [1.54, 1.807) is 0 Å². The Hall–Kier alpha value is -2.16. The molecule has 4 rings (SSSR count). The molecule has 1 N–H and O–H groups in total. The van der Waals surface area contributed by atoms with E-state index in [2.05, 4.69) is 27.7 Å². The quantitative estimate of drug-likeness (QED) is 0.244. The molecule has 44 heavy (non-hydrogen) atoms. The van der Waals surface area contributed by atoms with Gasteiger partial charge in [0.25, 0.3) is 0 Å². The van der Waals surface area contributed by atoms with Gasteiger partial charge in [-0.05, 0) is 85.4 Å². The summed E-state index contributed by atoms with van der Waals surface area (Å²) in [6, 6.07) is 0. The van der Waals surface area contributed by atoms with Gasteiger partial charge in [0.1, 0.15) is 18.3 Å². The summed E-state index contributed by atoms with van der Waals surface area (Å²) in [5, 5.41) is 12.0. The zero-order valence-corrected chi connectivity index (χ0v) is 28.1. The summed E-state index contributed by atoms with van der Waals surface area (Å²) in [6.45, 7) is 15.1. The highest BCUT2D eigenvalue weighted by Gasteiger charge is 2.68. The van der Waals surface area contributed by atoms with Gasteiger partial charge < -0.3 is 24.1 Å². The lowest BCUT2D eigenvalue weighted by Crippen LogP contribution is -2.60. The summed E-state index contributed by atoms with van der Waals surface area (Å²) in [4.78, 5) is 47.9. The van der Waals surface area contributed by atoms with Crippen LogP contribution in [-0.2, 0) is 38.1 Å². The molecule has 0 aliphatic heterocycles. The number of aliphatic hydroxyl groups excluding tert-OH is 1. The van der Waals surface area contributed by atoms with Crippen molar-refractivity contribution in [2.24, 2.45) is 52.3 Å². The third-order valence-corrected chi connectivity index (χ3v) is 12.2. The van der Waals surface area contributed by atoms with Crippen molar-refractivity contribution in [1.29, 1.82) is 0 Å². The maximum Gasteiger partial charge on any atom is 0.303 e. The zero-order chi connectivity index (χ0) is 32.6. The molecule has 1 unspecified atom stereocenters. The van der Waals surface area contributed by atoms with Crippen LogP contribution in [0.25, 0.3) is 0 Å². The molecular weight excluding hydrogens is 564 g/mol. The lowest BCUT2D eigenvalue weighted by molar-refractivity contribution is -0.204. The highest BCUT2D eigenvalue weighted by molar-refractivity contribution is 5.67. The van der Waals surface area contributed by atoms with Crippen LogP contribution in [0.15, 0.2) is 0 Å². The molecule has 0 heterocycles.